The van der Waals surface area contributed by atoms with E-state index in [1.54, 1.807) is 0 Å². The van der Waals surface area contributed by atoms with Gasteiger partial charge in [0, 0.05) is 22.4 Å². The Morgan fingerprint density at radius 1 is 1.27 bits per heavy atom. The summed E-state index contributed by atoms with van der Waals surface area (Å²) in [6.45, 7) is 0. The summed E-state index contributed by atoms with van der Waals surface area (Å²) < 4.78 is 1.04. The zero-order valence-electron chi connectivity index (χ0n) is 8.88. The number of hydrogen-bond acceptors (Lipinski definition) is 2. The lowest BCUT2D eigenvalue weighted by molar-refractivity contribution is 0.294. The summed E-state index contributed by atoms with van der Waals surface area (Å²) in [6, 6.07) is 2.12. The monoisotopic (exact) mass is 268 g/mol. The number of halogens is 1. The normalized spacial score (nSPS) is 20.1. The van der Waals surface area contributed by atoms with E-state index in [1.165, 1.54) is 24.8 Å². The quantitative estimate of drug-likeness (QED) is 0.896. The third kappa shape index (κ3) is 3.02. The molecule has 0 atom stereocenters. The predicted molar refractivity (Wildman–Crippen MR) is 65.6 cm³/mol. The maximum Gasteiger partial charge on any atom is 0.0410 e. The molecule has 1 aliphatic carbocycles. The summed E-state index contributed by atoms with van der Waals surface area (Å²) in [6.07, 6.45) is 10.9. The first-order valence-corrected chi connectivity index (χ1v) is 6.36. The zero-order valence-corrected chi connectivity index (χ0v) is 10.5. The summed E-state index contributed by atoms with van der Waals surface area (Å²) in [5.41, 5.74) is 7.66. The van der Waals surface area contributed by atoms with Crippen molar-refractivity contribution >= 4 is 15.9 Å². The zero-order chi connectivity index (χ0) is 10.7. The summed E-state index contributed by atoms with van der Waals surface area (Å²) in [4.78, 5) is 4.18. The van der Waals surface area contributed by atoms with E-state index in [-0.39, 0.29) is 5.54 Å². The Morgan fingerprint density at radius 2 is 2.00 bits per heavy atom. The van der Waals surface area contributed by atoms with Gasteiger partial charge in [0.15, 0.2) is 0 Å². The summed E-state index contributed by atoms with van der Waals surface area (Å²) in [7, 11) is 0. The van der Waals surface area contributed by atoms with Crippen LogP contribution in [-0.2, 0) is 6.42 Å². The molecule has 2 N–H and O–H groups in total. The average molecular weight is 269 g/mol. The highest BCUT2D eigenvalue weighted by Crippen LogP contribution is 2.29. The van der Waals surface area contributed by atoms with Gasteiger partial charge in [-0.2, -0.15) is 0 Å². The van der Waals surface area contributed by atoms with Crippen LogP contribution in [0.15, 0.2) is 22.9 Å². The molecule has 15 heavy (non-hydrogen) atoms. The van der Waals surface area contributed by atoms with E-state index in [0.29, 0.717) is 0 Å². The van der Waals surface area contributed by atoms with E-state index >= 15 is 0 Å². The van der Waals surface area contributed by atoms with Gasteiger partial charge in [-0.15, -0.1) is 0 Å². The molecule has 1 saturated carbocycles. The molecule has 0 radical (unpaired) electrons. The minimum Gasteiger partial charge on any atom is -0.325 e. The highest BCUT2D eigenvalue weighted by Gasteiger charge is 2.27. The van der Waals surface area contributed by atoms with Crippen molar-refractivity contribution in [2.75, 3.05) is 0 Å². The fraction of sp³-hybridized carbons (Fsp3) is 0.583. The van der Waals surface area contributed by atoms with Gasteiger partial charge in [0.1, 0.15) is 0 Å². The van der Waals surface area contributed by atoms with E-state index in [4.69, 9.17) is 5.73 Å². The van der Waals surface area contributed by atoms with Gasteiger partial charge in [-0.25, -0.2) is 0 Å². The second-order valence-electron chi connectivity index (χ2n) is 4.61. The van der Waals surface area contributed by atoms with Crippen LogP contribution in [0, 0.1) is 0 Å². The average Bonchev–Trinajstić information content (AvgIpc) is 2.18. The molecule has 1 aromatic heterocycles. The van der Waals surface area contributed by atoms with Gasteiger partial charge >= 0.3 is 0 Å². The SMILES string of the molecule is NC1(Cc2cncc(Br)c2)CCCCC1. The van der Waals surface area contributed by atoms with Crippen molar-refractivity contribution in [2.24, 2.45) is 5.73 Å². The van der Waals surface area contributed by atoms with E-state index in [1.807, 2.05) is 12.4 Å². The molecule has 82 valence electrons. The van der Waals surface area contributed by atoms with Crippen LogP contribution in [0.5, 0.6) is 0 Å². The van der Waals surface area contributed by atoms with Crippen molar-refractivity contribution in [1.82, 2.24) is 4.98 Å². The number of pyridine rings is 1. The second-order valence-corrected chi connectivity index (χ2v) is 5.53. The van der Waals surface area contributed by atoms with Crippen molar-refractivity contribution in [3.05, 3.63) is 28.5 Å². The van der Waals surface area contributed by atoms with E-state index < -0.39 is 0 Å². The van der Waals surface area contributed by atoms with Crippen molar-refractivity contribution in [3.63, 3.8) is 0 Å². The van der Waals surface area contributed by atoms with Crippen molar-refractivity contribution in [3.8, 4) is 0 Å². The Balaban J connectivity index is 2.06. The van der Waals surface area contributed by atoms with Crippen LogP contribution in [-0.4, -0.2) is 10.5 Å². The minimum atomic E-state index is 0.0146. The Hall–Kier alpha value is -0.410. The summed E-state index contributed by atoms with van der Waals surface area (Å²) in [5, 5.41) is 0. The highest BCUT2D eigenvalue weighted by molar-refractivity contribution is 9.10. The van der Waals surface area contributed by atoms with Gasteiger partial charge in [0.05, 0.1) is 0 Å². The number of aromatic nitrogens is 1. The third-order valence-electron chi connectivity index (χ3n) is 3.17. The lowest BCUT2D eigenvalue weighted by atomic mass is 9.79. The van der Waals surface area contributed by atoms with Crippen LogP contribution in [0.3, 0.4) is 0 Å². The first-order valence-electron chi connectivity index (χ1n) is 5.56. The molecule has 0 spiro atoms. The standard InChI is InChI=1S/C12H17BrN2/c13-11-6-10(8-15-9-11)7-12(14)4-2-1-3-5-12/h6,8-9H,1-5,7,14H2. The molecule has 0 aromatic carbocycles. The van der Waals surface area contributed by atoms with Crippen molar-refractivity contribution in [1.29, 1.82) is 0 Å². The van der Waals surface area contributed by atoms with Crippen LogP contribution in [0.4, 0.5) is 0 Å². The second kappa shape index (κ2) is 4.62. The largest absolute Gasteiger partial charge is 0.325 e. The first kappa shape index (κ1) is 11.1. The smallest absolute Gasteiger partial charge is 0.0410 e. The van der Waals surface area contributed by atoms with Crippen LogP contribution in [0.25, 0.3) is 0 Å². The molecule has 1 aliphatic rings. The van der Waals surface area contributed by atoms with Crippen LogP contribution in [0.2, 0.25) is 0 Å². The molecule has 2 nitrogen and oxygen atoms in total. The highest BCUT2D eigenvalue weighted by atomic mass is 79.9. The van der Waals surface area contributed by atoms with Gasteiger partial charge in [0.2, 0.25) is 0 Å². The topological polar surface area (TPSA) is 38.9 Å². The van der Waals surface area contributed by atoms with E-state index in [9.17, 15) is 0 Å². The molecular formula is C12H17BrN2. The maximum atomic E-state index is 6.40. The number of nitrogens with two attached hydrogens (primary N) is 1. The van der Waals surface area contributed by atoms with E-state index in [2.05, 4.69) is 27.0 Å². The molecule has 0 aliphatic heterocycles. The van der Waals surface area contributed by atoms with Gasteiger partial charge in [-0.1, -0.05) is 19.3 Å². The molecular weight excluding hydrogens is 252 g/mol. The summed E-state index contributed by atoms with van der Waals surface area (Å²) in [5.74, 6) is 0. The minimum absolute atomic E-state index is 0.0146. The van der Waals surface area contributed by atoms with Crippen LogP contribution in [0.1, 0.15) is 37.7 Å². The Bertz CT molecular complexity index is 332. The molecule has 0 saturated heterocycles. The number of rotatable bonds is 2. The molecule has 0 unspecified atom stereocenters. The number of hydrogen-bond donors (Lipinski definition) is 1. The fourth-order valence-corrected chi connectivity index (χ4v) is 2.80. The molecule has 1 aromatic rings. The Labute approximate surface area is 99.4 Å². The third-order valence-corrected chi connectivity index (χ3v) is 3.60. The Morgan fingerprint density at radius 3 is 2.67 bits per heavy atom. The lowest BCUT2D eigenvalue weighted by Gasteiger charge is -2.33. The molecule has 1 fully saturated rings. The van der Waals surface area contributed by atoms with Crippen LogP contribution < -0.4 is 5.73 Å². The lowest BCUT2D eigenvalue weighted by Crippen LogP contribution is -2.43. The van der Waals surface area contributed by atoms with Gasteiger partial charge in [-0.05, 0) is 46.8 Å². The maximum absolute atomic E-state index is 6.40. The van der Waals surface area contributed by atoms with Crippen molar-refractivity contribution in [2.45, 2.75) is 44.1 Å². The van der Waals surface area contributed by atoms with Gasteiger partial charge in [0.25, 0.3) is 0 Å². The summed E-state index contributed by atoms with van der Waals surface area (Å²) >= 11 is 3.44. The molecule has 0 bridgehead atoms. The fourth-order valence-electron chi connectivity index (χ4n) is 2.39. The van der Waals surface area contributed by atoms with Crippen molar-refractivity contribution < 1.29 is 0 Å². The number of nitrogens with zero attached hydrogens (tertiary/aromatic N) is 1. The predicted octanol–water partition coefficient (Wildman–Crippen LogP) is 3.05. The van der Waals surface area contributed by atoms with Gasteiger partial charge in [-0.3, -0.25) is 4.98 Å². The molecule has 3 heteroatoms. The first-order chi connectivity index (χ1) is 7.18. The Kier molecular flexibility index (Phi) is 3.42. The van der Waals surface area contributed by atoms with Crippen LogP contribution >= 0.6 is 15.9 Å². The molecule has 2 rings (SSSR count). The molecule has 1 heterocycles. The van der Waals surface area contributed by atoms with Gasteiger partial charge < -0.3 is 5.73 Å². The van der Waals surface area contributed by atoms with E-state index in [0.717, 1.165) is 23.7 Å². The molecule has 0 amide bonds.